The first-order valence-electron chi connectivity index (χ1n) is 8.10. The topological polar surface area (TPSA) is 93.5 Å². The standard InChI is InChI=1S/C18H22FN3O4/c1-11-7-13(14(16(23)24)8-15(11)19)12-9-21-22(10-12)6-5-20-17(25)26-18(2,3)4/h7-10H,5-6H2,1-4H3,(H,20,25)(H,23,24). The van der Waals surface area contributed by atoms with Gasteiger partial charge in [-0.05, 0) is 51.0 Å². The first-order chi connectivity index (χ1) is 12.1. The van der Waals surface area contributed by atoms with Gasteiger partial charge in [0.1, 0.15) is 11.4 Å². The molecule has 26 heavy (non-hydrogen) atoms. The highest BCUT2D eigenvalue weighted by molar-refractivity contribution is 5.96. The second-order valence-electron chi connectivity index (χ2n) is 6.87. The number of aryl methyl sites for hydroxylation is 1. The highest BCUT2D eigenvalue weighted by atomic mass is 19.1. The van der Waals surface area contributed by atoms with Crippen LogP contribution in [-0.4, -0.2) is 39.1 Å². The Balaban J connectivity index is 2.08. The number of nitrogens with one attached hydrogen (secondary N) is 1. The lowest BCUT2D eigenvalue weighted by Crippen LogP contribution is -2.34. The van der Waals surface area contributed by atoms with Crippen LogP contribution in [0.5, 0.6) is 0 Å². The molecule has 1 heterocycles. The van der Waals surface area contributed by atoms with Gasteiger partial charge in [0.2, 0.25) is 0 Å². The molecule has 1 amide bonds. The summed E-state index contributed by atoms with van der Waals surface area (Å²) < 4.78 is 20.4. The van der Waals surface area contributed by atoms with E-state index in [2.05, 4.69) is 10.4 Å². The molecule has 0 radical (unpaired) electrons. The molecule has 0 aliphatic rings. The molecule has 2 aromatic rings. The molecule has 8 heteroatoms. The summed E-state index contributed by atoms with van der Waals surface area (Å²) in [5, 5.41) is 16.1. The van der Waals surface area contributed by atoms with E-state index in [1.807, 2.05) is 0 Å². The van der Waals surface area contributed by atoms with Crippen molar-refractivity contribution in [2.75, 3.05) is 6.54 Å². The number of hydrogen-bond donors (Lipinski definition) is 2. The SMILES string of the molecule is Cc1cc(-c2cnn(CCNC(=O)OC(C)(C)C)c2)c(C(=O)O)cc1F. The molecule has 0 atom stereocenters. The van der Waals surface area contributed by atoms with Gasteiger partial charge in [-0.3, -0.25) is 4.68 Å². The number of carboxylic acid groups (broad SMARTS) is 1. The Morgan fingerprint density at radius 2 is 2.04 bits per heavy atom. The van der Waals surface area contributed by atoms with Crippen LogP contribution in [0.2, 0.25) is 0 Å². The molecule has 1 aromatic heterocycles. The number of aromatic carboxylic acids is 1. The number of carboxylic acids is 1. The number of benzene rings is 1. The van der Waals surface area contributed by atoms with Gasteiger partial charge in [0.25, 0.3) is 0 Å². The fourth-order valence-corrected chi connectivity index (χ4v) is 2.31. The summed E-state index contributed by atoms with van der Waals surface area (Å²) in [6, 6.07) is 2.49. The third kappa shape index (κ3) is 5.05. The molecular formula is C18H22FN3O4. The Morgan fingerprint density at radius 1 is 1.35 bits per heavy atom. The van der Waals surface area contributed by atoms with Gasteiger partial charge in [-0.15, -0.1) is 0 Å². The van der Waals surface area contributed by atoms with E-state index >= 15 is 0 Å². The van der Waals surface area contributed by atoms with Gasteiger partial charge in [0.15, 0.2) is 0 Å². The number of ether oxygens (including phenoxy) is 1. The number of aromatic nitrogens is 2. The zero-order chi connectivity index (χ0) is 19.5. The molecule has 1 aromatic carbocycles. The lowest BCUT2D eigenvalue weighted by Gasteiger charge is -2.19. The van der Waals surface area contributed by atoms with Crippen LogP contribution in [0.25, 0.3) is 11.1 Å². The average Bonchev–Trinajstić information content (AvgIpc) is 2.96. The van der Waals surface area contributed by atoms with Crippen molar-refractivity contribution in [2.24, 2.45) is 0 Å². The zero-order valence-electron chi connectivity index (χ0n) is 15.2. The molecule has 2 rings (SSSR count). The smallest absolute Gasteiger partial charge is 0.407 e. The van der Waals surface area contributed by atoms with Crippen molar-refractivity contribution in [3.63, 3.8) is 0 Å². The summed E-state index contributed by atoms with van der Waals surface area (Å²) in [6.45, 7) is 7.57. The minimum atomic E-state index is -1.21. The van der Waals surface area contributed by atoms with E-state index in [-0.39, 0.29) is 5.56 Å². The molecule has 2 N–H and O–H groups in total. The maximum atomic E-state index is 13.7. The fourth-order valence-electron chi connectivity index (χ4n) is 2.31. The lowest BCUT2D eigenvalue weighted by molar-refractivity contribution is 0.0525. The summed E-state index contributed by atoms with van der Waals surface area (Å²) in [5.41, 5.74) is 0.603. The largest absolute Gasteiger partial charge is 0.478 e. The number of carbonyl (C=O) groups excluding carboxylic acids is 1. The second kappa shape index (κ2) is 7.55. The van der Waals surface area contributed by atoms with Crippen LogP contribution in [0.1, 0.15) is 36.7 Å². The van der Waals surface area contributed by atoms with Crippen LogP contribution in [0.3, 0.4) is 0 Å². The van der Waals surface area contributed by atoms with Crippen molar-refractivity contribution in [2.45, 2.75) is 39.8 Å². The normalized spacial score (nSPS) is 11.3. The third-order valence-electron chi connectivity index (χ3n) is 3.48. The van der Waals surface area contributed by atoms with Gasteiger partial charge < -0.3 is 15.2 Å². The maximum Gasteiger partial charge on any atom is 0.407 e. The van der Waals surface area contributed by atoms with Gasteiger partial charge in [-0.1, -0.05) is 0 Å². The van der Waals surface area contributed by atoms with Gasteiger partial charge in [-0.2, -0.15) is 5.10 Å². The predicted octanol–water partition coefficient (Wildman–Crippen LogP) is 3.22. The van der Waals surface area contributed by atoms with E-state index in [1.54, 1.807) is 38.6 Å². The Morgan fingerprint density at radius 3 is 2.65 bits per heavy atom. The molecule has 0 fully saturated rings. The lowest BCUT2D eigenvalue weighted by atomic mass is 9.99. The summed E-state index contributed by atoms with van der Waals surface area (Å²) in [6.07, 6.45) is 2.63. The number of halogens is 1. The quantitative estimate of drug-likeness (QED) is 0.851. The molecule has 0 bridgehead atoms. The van der Waals surface area contributed by atoms with Crippen molar-refractivity contribution >= 4 is 12.1 Å². The first-order valence-corrected chi connectivity index (χ1v) is 8.10. The number of rotatable bonds is 5. The highest BCUT2D eigenvalue weighted by Gasteiger charge is 2.17. The van der Waals surface area contributed by atoms with Gasteiger partial charge in [-0.25, -0.2) is 14.0 Å². The fraction of sp³-hybridized carbons (Fsp3) is 0.389. The summed E-state index contributed by atoms with van der Waals surface area (Å²) >= 11 is 0. The van der Waals surface area contributed by atoms with Crippen molar-refractivity contribution < 1.29 is 23.8 Å². The molecule has 0 spiro atoms. The number of nitrogens with zero attached hydrogens (tertiary/aromatic N) is 2. The number of hydrogen-bond acceptors (Lipinski definition) is 4. The summed E-state index contributed by atoms with van der Waals surface area (Å²) in [4.78, 5) is 23.0. The Kier molecular flexibility index (Phi) is 5.64. The molecular weight excluding hydrogens is 341 g/mol. The van der Waals surface area contributed by atoms with Crippen LogP contribution in [0, 0.1) is 12.7 Å². The monoisotopic (exact) mass is 363 g/mol. The zero-order valence-corrected chi connectivity index (χ0v) is 15.2. The Labute approximate surface area is 150 Å². The van der Waals surface area contributed by atoms with Crippen molar-refractivity contribution in [3.05, 3.63) is 41.5 Å². The first kappa shape index (κ1) is 19.4. The van der Waals surface area contributed by atoms with Crippen LogP contribution in [-0.2, 0) is 11.3 Å². The summed E-state index contributed by atoms with van der Waals surface area (Å²) in [5.74, 6) is -1.78. The number of carbonyl (C=O) groups is 2. The van der Waals surface area contributed by atoms with E-state index in [0.717, 1.165) is 6.07 Å². The Bertz CT molecular complexity index is 824. The molecule has 140 valence electrons. The van der Waals surface area contributed by atoms with Gasteiger partial charge in [0.05, 0.1) is 18.3 Å². The molecule has 0 aliphatic carbocycles. The van der Waals surface area contributed by atoms with Crippen molar-refractivity contribution in [1.29, 1.82) is 0 Å². The highest BCUT2D eigenvalue weighted by Crippen LogP contribution is 2.26. The van der Waals surface area contributed by atoms with Gasteiger partial charge >= 0.3 is 12.1 Å². The minimum Gasteiger partial charge on any atom is -0.478 e. The van der Waals surface area contributed by atoms with E-state index in [9.17, 15) is 19.1 Å². The molecule has 0 unspecified atom stereocenters. The van der Waals surface area contributed by atoms with E-state index in [0.29, 0.717) is 29.8 Å². The maximum absolute atomic E-state index is 13.7. The third-order valence-corrected chi connectivity index (χ3v) is 3.48. The van der Waals surface area contributed by atoms with E-state index in [1.165, 1.54) is 12.3 Å². The molecule has 0 saturated carbocycles. The van der Waals surface area contributed by atoms with E-state index in [4.69, 9.17) is 4.74 Å². The summed E-state index contributed by atoms with van der Waals surface area (Å²) in [7, 11) is 0. The Hall–Kier alpha value is -2.90. The van der Waals surface area contributed by atoms with Crippen molar-refractivity contribution in [3.8, 4) is 11.1 Å². The van der Waals surface area contributed by atoms with Crippen LogP contribution in [0.15, 0.2) is 24.5 Å². The number of amides is 1. The molecule has 7 nitrogen and oxygen atoms in total. The van der Waals surface area contributed by atoms with Crippen LogP contribution >= 0.6 is 0 Å². The molecule has 0 aliphatic heterocycles. The number of alkyl carbamates (subject to hydrolysis) is 1. The molecule has 0 saturated heterocycles. The van der Waals surface area contributed by atoms with Gasteiger partial charge in [0, 0.05) is 18.3 Å². The van der Waals surface area contributed by atoms with Crippen LogP contribution in [0.4, 0.5) is 9.18 Å². The minimum absolute atomic E-state index is 0.125. The predicted molar refractivity (Wildman–Crippen MR) is 93.6 cm³/mol. The van der Waals surface area contributed by atoms with Crippen LogP contribution < -0.4 is 5.32 Å². The van der Waals surface area contributed by atoms with Crippen molar-refractivity contribution in [1.82, 2.24) is 15.1 Å². The second-order valence-corrected chi connectivity index (χ2v) is 6.87. The average molecular weight is 363 g/mol. The van der Waals surface area contributed by atoms with E-state index < -0.39 is 23.5 Å².